The molecule has 0 saturated carbocycles. The van der Waals surface area contributed by atoms with Crippen LogP contribution in [0.15, 0.2) is 18.2 Å². The molecule has 4 heteroatoms. The van der Waals surface area contributed by atoms with Crippen LogP contribution >= 0.6 is 11.6 Å². The number of rotatable bonds is 4. The summed E-state index contributed by atoms with van der Waals surface area (Å²) >= 11 is 6.23. The minimum Gasteiger partial charge on any atom is -0.496 e. The Labute approximate surface area is 113 Å². The van der Waals surface area contributed by atoms with Crippen LogP contribution in [0.5, 0.6) is 5.75 Å². The zero-order valence-electron chi connectivity index (χ0n) is 11.0. The lowest BCUT2D eigenvalue weighted by molar-refractivity contribution is 0.0445. The SMILES string of the molecule is COc1cccc(Cl)c1CNC1(C)CCOCC1. The van der Waals surface area contributed by atoms with Crippen LogP contribution in [0, 0.1) is 0 Å². The number of nitrogens with one attached hydrogen (secondary N) is 1. The van der Waals surface area contributed by atoms with Crippen molar-refractivity contribution in [2.45, 2.75) is 31.8 Å². The van der Waals surface area contributed by atoms with E-state index in [1.165, 1.54) is 0 Å². The summed E-state index contributed by atoms with van der Waals surface area (Å²) in [5, 5.41) is 4.33. The van der Waals surface area contributed by atoms with Gasteiger partial charge in [-0.2, -0.15) is 0 Å². The number of benzene rings is 1. The smallest absolute Gasteiger partial charge is 0.124 e. The molecule has 0 bridgehead atoms. The molecule has 2 rings (SSSR count). The molecule has 1 N–H and O–H groups in total. The van der Waals surface area contributed by atoms with Crippen LogP contribution in [0.1, 0.15) is 25.3 Å². The van der Waals surface area contributed by atoms with Crippen molar-refractivity contribution in [3.63, 3.8) is 0 Å². The second-order valence-electron chi connectivity index (χ2n) is 4.95. The largest absolute Gasteiger partial charge is 0.496 e. The highest BCUT2D eigenvalue weighted by atomic mass is 35.5. The molecule has 1 aliphatic heterocycles. The van der Waals surface area contributed by atoms with Gasteiger partial charge in [0.15, 0.2) is 0 Å². The molecule has 0 aliphatic carbocycles. The van der Waals surface area contributed by atoms with Crippen molar-refractivity contribution in [1.82, 2.24) is 5.32 Å². The van der Waals surface area contributed by atoms with Crippen molar-refractivity contribution in [2.24, 2.45) is 0 Å². The van der Waals surface area contributed by atoms with Gasteiger partial charge in [0.2, 0.25) is 0 Å². The summed E-state index contributed by atoms with van der Waals surface area (Å²) < 4.78 is 10.7. The second kappa shape index (κ2) is 5.91. The summed E-state index contributed by atoms with van der Waals surface area (Å²) in [4.78, 5) is 0. The lowest BCUT2D eigenvalue weighted by Crippen LogP contribution is -2.46. The van der Waals surface area contributed by atoms with E-state index in [9.17, 15) is 0 Å². The summed E-state index contributed by atoms with van der Waals surface area (Å²) in [5.74, 6) is 0.839. The second-order valence-corrected chi connectivity index (χ2v) is 5.35. The lowest BCUT2D eigenvalue weighted by Gasteiger charge is -2.35. The van der Waals surface area contributed by atoms with Crippen molar-refractivity contribution < 1.29 is 9.47 Å². The van der Waals surface area contributed by atoms with Crippen molar-refractivity contribution in [2.75, 3.05) is 20.3 Å². The van der Waals surface area contributed by atoms with Gasteiger partial charge < -0.3 is 14.8 Å². The van der Waals surface area contributed by atoms with Gasteiger partial charge in [-0.3, -0.25) is 0 Å². The molecule has 1 aromatic rings. The van der Waals surface area contributed by atoms with E-state index in [1.807, 2.05) is 18.2 Å². The molecule has 0 radical (unpaired) electrons. The van der Waals surface area contributed by atoms with Gasteiger partial charge >= 0.3 is 0 Å². The molecule has 0 aromatic heterocycles. The fourth-order valence-electron chi connectivity index (χ4n) is 2.20. The molecule has 100 valence electrons. The summed E-state index contributed by atoms with van der Waals surface area (Å²) in [6.07, 6.45) is 2.06. The Morgan fingerprint density at radius 2 is 2.11 bits per heavy atom. The van der Waals surface area contributed by atoms with Crippen LogP contribution in [-0.2, 0) is 11.3 Å². The third-order valence-electron chi connectivity index (χ3n) is 3.58. The molecule has 18 heavy (non-hydrogen) atoms. The van der Waals surface area contributed by atoms with Gasteiger partial charge in [-0.15, -0.1) is 0 Å². The van der Waals surface area contributed by atoms with Gasteiger partial charge in [-0.1, -0.05) is 17.7 Å². The first kappa shape index (κ1) is 13.7. The summed E-state index contributed by atoms with van der Waals surface area (Å²) in [7, 11) is 1.67. The van der Waals surface area contributed by atoms with E-state index in [2.05, 4.69) is 12.2 Å². The topological polar surface area (TPSA) is 30.5 Å². The minimum absolute atomic E-state index is 0.127. The van der Waals surface area contributed by atoms with E-state index in [4.69, 9.17) is 21.1 Å². The summed E-state index contributed by atoms with van der Waals surface area (Å²) in [6, 6.07) is 5.74. The standard InChI is InChI=1S/C14H20ClNO2/c1-14(6-8-18-9-7-14)16-10-11-12(15)4-3-5-13(11)17-2/h3-5,16H,6-10H2,1-2H3. The van der Waals surface area contributed by atoms with Crippen LogP contribution in [0.2, 0.25) is 5.02 Å². The van der Waals surface area contributed by atoms with Crippen LogP contribution in [0.25, 0.3) is 0 Å². The highest BCUT2D eigenvalue weighted by Gasteiger charge is 2.27. The molecule has 3 nitrogen and oxygen atoms in total. The highest BCUT2D eigenvalue weighted by molar-refractivity contribution is 6.31. The molecule has 0 spiro atoms. The zero-order valence-corrected chi connectivity index (χ0v) is 11.7. The Hall–Kier alpha value is -0.770. The molecule has 1 aromatic carbocycles. The summed E-state index contributed by atoms with van der Waals surface area (Å²) in [5.41, 5.74) is 1.15. The van der Waals surface area contributed by atoms with E-state index in [0.29, 0.717) is 0 Å². The Morgan fingerprint density at radius 3 is 2.78 bits per heavy atom. The molecule has 0 unspecified atom stereocenters. The van der Waals surface area contributed by atoms with E-state index < -0.39 is 0 Å². The van der Waals surface area contributed by atoms with Gasteiger partial charge in [0.1, 0.15) is 5.75 Å². The highest BCUT2D eigenvalue weighted by Crippen LogP contribution is 2.28. The molecule has 1 aliphatic rings. The first-order valence-electron chi connectivity index (χ1n) is 6.29. The third kappa shape index (κ3) is 3.16. The van der Waals surface area contributed by atoms with Gasteiger partial charge in [-0.25, -0.2) is 0 Å². The van der Waals surface area contributed by atoms with Crippen LogP contribution in [0.3, 0.4) is 0 Å². The van der Waals surface area contributed by atoms with Gasteiger partial charge in [0.25, 0.3) is 0 Å². The van der Waals surface area contributed by atoms with Crippen molar-refractivity contribution in [3.05, 3.63) is 28.8 Å². The molecule has 1 fully saturated rings. The first-order chi connectivity index (χ1) is 8.64. The summed E-state index contributed by atoms with van der Waals surface area (Å²) in [6.45, 7) is 4.60. The average Bonchev–Trinajstić information content (AvgIpc) is 2.38. The van der Waals surface area contributed by atoms with Crippen LogP contribution in [-0.4, -0.2) is 25.9 Å². The average molecular weight is 270 g/mol. The van der Waals surface area contributed by atoms with E-state index >= 15 is 0 Å². The maximum Gasteiger partial charge on any atom is 0.124 e. The number of ether oxygens (including phenoxy) is 2. The molecular formula is C14H20ClNO2. The quantitative estimate of drug-likeness (QED) is 0.912. The van der Waals surface area contributed by atoms with Crippen LogP contribution < -0.4 is 10.1 Å². The molecule has 1 heterocycles. The fourth-order valence-corrected chi connectivity index (χ4v) is 2.43. The van der Waals surface area contributed by atoms with E-state index in [1.54, 1.807) is 7.11 Å². The first-order valence-corrected chi connectivity index (χ1v) is 6.66. The number of hydrogen-bond acceptors (Lipinski definition) is 3. The van der Waals surface area contributed by atoms with E-state index in [0.717, 1.165) is 48.9 Å². The zero-order chi connectivity index (χ0) is 13.0. The number of halogens is 1. The molecule has 1 saturated heterocycles. The predicted molar refractivity (Wildman–Crippen MR) is 73.3 cm³/mol. The monoisotopic (exact) mass is 269 g/mol. The lowest BCUT2D eigenvalue weighted by atomic mass is 9.92. The van der Waals surface area contributed by atoms with E-state index in [-0.39, 0.29) is 5.54 Å². The minimum atomic E-state index is 0.127. The molecule has 0 amide bonds. The van der Waals surface area contributed by atoms with Crippen molar-refractivity contribution in [1.29, 1.82) is 0 Å². The Morgan fingerprint density at radius 1 is 1.39 bits per heavy atom. The van der Waals surface area contributed by atoms with Gasteiger partial charge in [0.05, 0.1) is 7.11 Å². The molecular weight excluding hydrogens is 250 g/mol. The fraction of sp³-hybridized carbons (Fsp3) is 0.571. The third-order valence-corrected chi connectivity index (χ3v) is 3.94. The van der Waals surface area contributed by atoms with Crippen LogP contribution in [0.4, 0.5) is 0 Å². The Balaban J connectivity index is 2.05. The number of hydrogen-bond donors (Lipinski definition) is 1. The Kier molecular flexibility index (Phi) is 4.49. The maximum absolute atomic E-state index is 6.23. The Bertz CT molecular complexity index is 403. The van der Waals surface area contributed by atoms with Crippen molar-refractivity contribution in [3.8, 4) is 5.75 Å². The normalized spacial score (nSPS) is 18.6. The maximum atomic E-state index is 6.23. The van der Waals surface area contributed by atoms with Gasteiger partial charge in [-0.05, 0) is 31.9 Å². The van der Waals surface area contributed by atoms with Gasteiger partial charge in [0, 0.05) is 35.9 Å². The predicted octanol–water partition coefficient (Wildman–Crippen LogP) is 3.01. The van der Waals surface area contributed by atoms with Crippen molar-refractivity contribution >= 4 is 11.6 Å². The molecule has 0 atom stereocenters. The number of methoxy groups -OCH3 is 1.